The highest BCUT2D eigenvalue weighted by Crippen LogP contribution is 2.27. The standard InChI is InChI=1S/C21H24N2O2/c1-14-7-8-17(12-15(14)2)21(25)22-18-9-10-19(16(3)13-18)23-11-5-4-6-20(23)24/h7-10,12-13H,4-6,11H2,1-3H3,(H,22,25). The lowest BCUT2D eigenvalue weighted by Crippen LogP contribution is -2.35. The van der Waals surface area contributed by atoms with Crippen molar-refractivity contribution < 1.29 is 9.59 Å². The molecule has 1 N–H and O–H groups in total. The van der Waals surface area contributed by atoms with Crippen LogP contribution in [0.5, 0.6) is 0 Å². The molecule has 2 aromatic rings. The van der Waals surface area contributed by atoms with Crippen molar-refractivity contribution in [3.8, 4) is 0 Å². The molecular weight excluding hydrogens is 312 g/mol. The summed E-state index contributed by atoms with van der Waals surface area (Å²) in [7, 11) is 0. The van der Waals surface area contributed by atoms with E-state index in [9.17, 15) is 9.59 Å². The van der Waals surface area contributed by atoms with Gasteiger partial charge >= 0.3 is 0 Å². The van der Waals surface area contributed by atoms with Gasteiger partial charge in [0.05, 0.1) is 0 Å². The largest absolute Gasteiger partial charge is 0.322 e. The predicted octanol–water partition coefficient (Wildman–Crippen LogP) is 4.38. The van der Waals surface area contributed by atoms with Crippen molar-refractivity contribution in [1.82, 2.24) is 0 Å². The minimum absolute atomic E-state index is 0.121. The number of piperidine rings is 1. The van der Waals surface area contributed by atoms with E-state index < -0.39 is 0 Å². The van der Waals surface area contributed by atoms with E-state index in [1.54, 1.807) is 0 Å². The Kier molecular flexibility index (Phi) is 4.88. The van der Waals surface area contributed by atoms with E-state index in [1.807, 2.05) is 62.1 Å². The van der Waals surface area contributed by atoms with Crippen LogP contribution in [-0.4, -0.2) is 18.4 Å². The zero-order valence-corrected chi connectivity index (χ0v) is 15.1. The molecule has 2 aromatic carbocycles. The van der Waals surface area contributed by atoms with Gasteiger partial charge in [-0.1, -0.05) is 6.07 Å². The fourth-order valence-electron chi connectivity index (χ4n) is 3.18. The van der Waals surface area contributed by atoms with Crippen molar-refractivity contribution >= 4 is 23.2 Å². The molecule has 0 atom stereocenters. The van der Waals surface area contributed by atoms with Crippen LogP contribution in [0.4, 0.5) is 11.4 Å². The maximum absolute atomic E-state index is 12.5. The summed E-state index contributed by atoms with van der Waals surface area (Å²) < 4.78 is 0. The normalized spacial score (nSPS) is 14.5. The first-order valence-electron chi connectivity index (χ1n) is 8.75. The van der Waals surface area contributed by atoms with Gasteiger partial charge in [0, 0.05) is 29.9 Å². The Bertz CT molecular complexity index is 827. The number of amides is 2. The maximum atomic E-state index is 12.5. The highest BCUT2D eigenvalue weighted by molar-refractivity contribution is 6.04. The van der Waals surface area contributed by atoms with Crippen molar-refractivity contribution in [1.29, 1.82) is 0 Å². The van der Waals surface area contributed by atoms with Crippen molar-refractivity contribution in [2.45, 2.75) is 40.0 Å². The van der Waals surface area contributed by atoms with Crippen LogP contribution in [0.2, 0.25) is 0 Å². The average Bonchev–Trinajstić information content (AvgIpc) is 2.58. The third-order valence-corrected chi connectivity index (χ3v) is 4.84. The number of hydrogen-bond donors (Lipinski definition) is 1. The number of anilines is 2. The summed E-state index contributed by atoms with van der Waals surface area (Å²) in [5.74, 6) is 0.0607. The summed E-state index contributed by atoms with van der Waals surface area (Å²) in [6, 6.07) is 11.4. The molecule has 0 aromatic heterocycles. The van der Waals surface area contributed by atoms with Gasteiger partial charge in [0.1, 0.15) is 0 Å². The van der Waals surface area contributed by atoms with E-state index in [2.05, 4.69) is 5.32 Å². The first-order valence-corrected chi connectivity index (χ1v) is 8.75. The summed E-state index contributed by atoms with van der Waals surface area (Å²) in [6.07, 6.45) is 2.62. The quantitative estimate of drug-likeness (QED) is 0.904. The minimum Gasteiger partial charge on any atom is -0.322 e. The zero-order valence-electron chi connectivity index (χ0n) is 15.1. The minimum atomic E-state index is -0.121. The van der Waals surface area contributed by atoms with Gasteiger partial charge in [0.25, 0.3) is 5.91 Å². The summed E-state index contributed by atoms with van der Waals surface area (Å²) in [6.45, 7) is 6.78. The molecule has 1 aliphatic heterocycles. The molecule has 0 spiro atoms. The second-order valence-corrected chi connectivity index (χ2v) is 6.76. The second-order valence-electron chi connectivity index (χ2n) is 6.76. The first-order chi connectivity index (χ1) is 12.0. The topological polar surface area (TPSA) is 49.4 Å². The number of hydrogen-bond acceptors (Lipinski definition) is 2. The number of rotatable bonds is 3. The van der Waals surface area contributed by atoms with E-state index in [0.717, 1.165) is 41.9 Å². The van der Waals surface area contributed by atoms with E-state index in [0.29, 0.717) is 12.0 Å². The number of aryl methyl sites for hydroxylation is 3. The summed E-state index contributed by atoms with van der Waals surface area (Å²) in [5, 5.41) is 2.94. The summed E-state index contributed by atoms with van der Waals surface area (Å²) in [4.78, 5) is 26.4. The Morgan fingerprint density at radius 2 is 1.76 bits per heavy atom. The maximum Gasteiger partial charge on any atom is 0.255 e. The fourth-order valence-corrected chi connectivity index (χ4v) is 3.18. The predicted molar refractivity (Wildman–Crippen MR) is 101 cm³/mol. The number of carbonyl (C=O) groups excluding carboxylic acids is 2. The van der Waals surface area contributed by atoms with Crippen molar-refractivity contribution in [3.63, 3.8) is 0 Å². The van der Waals surface area contributed by atoms with Gasteiger partial charge in [0.15, 0.2) is 0 Å². The lowest BCUT2D eigenvalue weighted by Gasteiger charge is -2.28. The average molecular weight is 336 g/mol. The molecule has 1 saturated heterocycles. The highest BCUT2D eigenvalue weighted by atomic mass is 16.2. The van der Waals surface area contributed by atoms with Gasteiger partial charge in [-0.15, -0.1) is 0 Å². The number of nitrogens with zero attached hydrogens (tertiary/aromatic N) is 1. The smallest absolute Gasteiger partial charge is 0.255 e. The van der Waals surface area contributed by atoms with Gasteiger partial charge in [0.2, 0.25) is 5.91 Å². The van der Waals surface area contributed by atoms with Crippen LogP contribution in [0, 0.1) is 20.8 Å². The van der Waals surface area contributed by atoms with Crippen molar-refractivity contribution in [2.75, 3.05) is 16.8 Å². The van der Waals surface area contributed by atoms with Gasteiger partial charge in [-0.05, 0) is 80.6 Å². The molecule has 1 heterocycles. The molecule has 130 valence electrons. The van der Waals surface area contributed by atoms with Crippen LogP contribution >= 0.6 is 0 Å². The molecule has 1 fully saturated rings. The van der Waals surface area contributed by atoms with E-state index in [1.165, 1.54) is 5.56 Å². The van der Waals surface area contributed by atoms with Gasteiger partial charge < -0.3 is 10.2 Å². The molecule has 0 saturated carbocycles. The third kappa shape index (κ3) is 3.73. The Labute approximate surface area is 148 Å². The van der Waals surface area contributed by atoms with Crippen LogP contribution in [0.3, 0.4) is 0 Å². The van der Waals surface area contributed by atoms with Crippen LogP contribution in [0.1, 0.15) is 46.3 Å². The van der Waals surface area contributed by atoms with E-state index >= 15 is 0 Å². The Hall–Kier alpha value is -2.62. The Morgan fingerprint density at radius 3 is 2.44 bits per heavy atom. The molecule has 4 nitrogen and oxygen atoms in total. The lowest BCUT2D eigenvalue weighted by atomic mass is 10.1. The van der Waals surface area contributed by atoms with Crippen LogP contribution in [0.15, 0.2) is 36.4 Å². The fraction of sp³-hybridized carbons (Fsp3) is 0.333. The van der Waals surface area contributed by atoms with Crippen LogP contribution < -0.4 is 10.2 Å². The highest BCUT2D eigenvalue weighted by Gasteiger charge is 2.21. The SMILES string of the molecule is Cc1ccc(C(=O)Nc2ccc(N3CCCCC3=O)c(C)c2)cc1C. The lowest BCUT2D eigenvalue weighted by molar-refractivity contribution is -0.119. The van der Waals surface area contributed by atoms with Gasteiger partial charge in [-0.2, -0.15) is 0 Å². The summed E-state index contributed by atoms with van der Waals surface area (Å²) in [5.41, 5.74) is 5.60. The molecular formula is C21H24N2O2. The molecule has 3 rings (SSSR count). The summed E-state index contributed by atoms with van der Waals surface area (Å²) >= 11 is 0. The number of nitrogens with one attached hydrogen (secondary N) is 1. The molecule has 4 heteroatoms. The van der Waals surface area contributed by atoms with Gasteiger partial charge in [-0.25, -0.2) is 0 Å². The monoisotopic (exact) mass is 336 g/mol. The van der Waals surface area contributed by atoms with Crippen molar-refractivity contribution in [2.24, 2.45) is 0 Å². The molecule has 25 heavy (non-hydrogen) atoms. The Balaban J connectivity index is 1.77. The van der Waals surface area contributed by atoms with Gasteiger partial charge in [-0.3, -0.25) is 9.59 Å². The Morgan fingerprint density at radius 1 is 0.960 bits per heavy atom. The molecule has 0 radical (unpaired) electrons. The first kappa shape index (κ1) is 17.2. The van der Waals surface area contributed by atoms with Crippen molar-refractivity contribution in [3.05, 3.63) is 58.7 Å². The van der Waals surface area contributed by atoms with Crippen LogP contribution in [0.25, 0.3) is 0 Å². The zero-order chi connectivity index (χ0) is 18.0. The molecule has 2 amide bonds. The molecule has 0 unspecified atom stereocenters. The third-order valence-electron chi connectivity index (χ3n) is 4.84. The van der Waals surface area contributed by atoms with Crippen LogP contribution in [-0.2, 0) is 4.79 Å². The number of carbonyl (C=O) groups is 2. The molecule has 0 bridgehead atoms. The second kappa shape index (κ2) is 7.09. The number of benzene rings is 2. The molecule has 1 aliphatic rings. The molecule has 0 aliphatic carbocycles. The van der Waals surface area contributed by atoms with E-state index in [4.69, 9.17) is 0 Å². The van der Waals surface area contributed by atoms with E-state index in [-0.39, 0.29) is 11.8 Å².